The maximum atomic E-state index is 11.8. The zero-order chi connectivity index (χ0) is 13.5. The van der Waals surface area contributed by atoms with Gasteiger partial charge in [0.25, 0.3) is 0 Å². The van der Waals surface area contributed by atoms with Gasteiger partial charge >= 0.3 is 0 Å². The van der Waals surface area contributed by atoms with E-state index in [0.29, 0.717) is 29.5 Å². The Kier molecular flexibility index (Phi) is 5.85. The number of nitrogens with zero attached hydrogens (tertiary/aromatic N) is 1. The molecule has 4 nitrogen and oxygen atoms in total. The Morgan fingerprint density at radius 1 is 1.39 bits per heavy atom. The number of ether oxygens (including phenoxy) is 1. The third-order valence-corrected chi connectivity index (χ3v) is 3.68. The minimum Gasteiger partial charge on any atom is -0.503 e. The highest BCUT2D eigenvalue weighted by molar-refractivity contribution is 8.00. The van der Waals surface area contributed by atoms with Gasteiger partial charge in [-0.15, -0.1) is 11.8 Å². The lowest BCUT2D eigenvalue weighted by Gasteiger charge is -2.18. The van der Waals surface area contributed by atoms with Crippen LogP contribution < -0.4 is 4.74 Å². The second-order valence-corrected chi connectivity index (χ2v) is 4.68. The fourth-order valence-corrected chi connectivity index (χ4v) is 2.46. The van der Waals surface area contributed by atoms with Crippen LogP contribution in [0.1, 0.15) is 13.8 Å². The molecule has 1 aromatic carbocycles. The summed E-state index contributed by atoms with van der Waals surface area (Å²) < 4.78 is 5.02. The van der Waals surface area contributed by atoms with E-state index in [4.69, 9.17) is 4.74 Å². The molecule has 0 aliphatic heterocycles. The number of methoxy groups -OCH3 is 1. The Morgan fingerprint density at radius 2 is 2.06 bits per heavy atom. The number of hydrogen-bond acceptors (Lipinski definition) is 4. The van der Waals surface area contributed by atoms with Crippen LogP contribution in [-0.2, 0) is 4.79 Å². The Hall–Kier alpha value is -1.36. The lowest BCUT2D eigenvalue weighted by molar-refractivity contribution is -0.127. The van der Waals surface area contributed by atoms with Gasteiger partial charge in [0.1, 0.15) is 0 Å². The molecule has 0 radical (unpaired) electrons. The quantitative estimate of drug-likeness (QED) is 0.805. The summed E-state index contributed by atoms with van der Waals surface area (Å²) in [6.45, 7) is 5.32. The van der Waals surface area contributed by atoms with Gasteiger partial charge in [-0.3, -0.25) is 4.79 Å². The minimum absolute atomic E-state index is 0.0761. The van der Waals surface area contributed by atoms with Crippen LogP contribution in [0.2, 0.25) is 0 Å². The van der Waals surface area contributed by atoms with Crippen molar-refractivity contribution < 1.29 is 14.6 Å². The number of rotatable bonds is 6. The smallest absolute Gasteiger partial charge is 0.232 e. The number of benzene rings is 1. The fourth-order valence-electron chi connectivity index (χ4n) is 1.59. The molecule has 0 aliphatic carbocycles. The molecule has 0 fully saturated rings. The molecule has 0 atom stereocenters. The van der Waals surface area contributed by atoms with Gasteiger partial charge in [0.15, 0.2) is 11.5 Å². The van der Waals surface area contributed by atoms with Crippen LogP contribution in [0.15, 0.2) is 23.1 Å². The maximum Gasteiger partial charge on any atom is 0.232 e. The van der Waals surface area contributed by atoms with Crippen LogP contribution in [0.25, 0.3) is 0 Å². The monoisotopic (exact) mass is 269 g/mol. The third kappa shape index (κ3) is 3.57. The van der Waals surface area contributed by atoms with Gasteiger partial charge in [0, 0.05) is 13.1 Å². The van der Waals surface area contributed by atoms with Crippen LogP contribution in [0.5, 0.6) is 11.5 Å². The SMILES string of the molecule is CCN(CC)C(=O)CSc1cccc(OC)c1O. The molecule has 0 heterocycles. The van der Waals surface area contributed by atoms with Crippen molar-refractivity contribution in [1.29, 1.82) is 0 Å². The molecule has 0 bridgehead atoms. The van der Waals surface area contributed by atoms with Gasteiger partial charge < -0.3 is 14.7 Å². The molecule has 1 aromatic rings. The van der Waals surface area contributed by atoms with Crippen molar-refractivity contribution >= 4 is 17.7 Å². The number of aromatic hydroxyl groups is 1. The second kappa shape index (κ2) is 7.16. The predicted octanol–water partition coefficient (Wildman–Crippen LogP) is 2.36. The van der Waals surface area contributed by atoms with Gasteiger partial charge in [0.05, 0.1) is 17.8 Å². The summed E-state index contributed by atoms with van der Waals surface area (Å²) in [6, 6.07) is 5.26. The minimum atomic E-state index is 0.0761. The Labute approximate surface area is 112 Å². The van der Waals surface area contributed by atoms with Crippen molar-refractivity contribution in [3.8, 4) is 11.5 Å². The first-order chi connectivity index (χ1) is 8.63. The van der Waals surface area contributed by atoms with Crippen LogP contribution in [0, 0.1) is 0 Å². The van der Waals surface area contributed by atoms with Gasteiger partial charge in [-0.2, -0.15) is 0 Å². The number of hydrogen-bond donors (Lipinski definition) is 1. The van der Waals surface area contributed by atoms with Crippen molar-refractivity contribution in [2.75, 3.05) is 26.0 Å². The van der Waals surface area contributed by atoms with Crippen LogP contribution in [-0.4, -0.2) is 41.9 Å². The zero-order valence-electron chi connectivity index (χ0n) is 11.0. The van der Waals surface area contributed by atoms with Crippen LogP contribution in [0.3, 0.4) is 0 Å². The Morgan fingerprint density at radius 3 is 2.61 bits per heavy atom. The standard InChI is InChI=1S/C13H19NO3S/c1-4-14(5-2)12(15)9-18-11-8-6-7-10(17-3)13(11)16/h6-8,16H,4-5,9H2,1-3H3. The van der Waals surface area contributed by atoms with E-state index in [1.807, 2.05) is 13.8 Å². The fraction of sp³-hybridized carbons (Fsp3) is 0.462. The molecule has 0 unspecified atom stereocenters. The van der Waals surface area contributed by atoms with E-state index in [2.05, 4.69) is 0 Å². The van der Waals surface area contributed by atoms with Crippen molar-refractivity contribution in [3.05, 3.63) is 18.2 Å². The molecule has 5 heteroatoms. The molecule has 18 heavy (non-hydrogen) atoms. The molecule has 0 spiro atoms. The van der Waals surface area contributed by atoms with E-state index in [0.717, 1.165) is 0 Å². The molecule has 0 saturated carbocycles. The molecule has 100 valence electrons. The summed E-state index contributed by atoms with van der Waals surface area (Å²) in [7, 11) is 1.50. The van der Waals surface area contributed by atoms with E-state index in [1.54, 1.807) is 23.1 Å². The van der Waals surface area contributed by atoms with Crippen LogP contribution >= 0.6 is 11.8 Å². The van der Waals surface area contributed by atoms with Gasteiger partial charge in [-0.25, -0.2) is 0 Å². The molecule has 0 aliphatic rings. The summed E-state index contributed by atoms with van der Waals surface area (Å²) >= 11 is 1.32. The van der Waals surface area contributed by atoms with E-state index in [-0.39, 0.29) is 11.7 Å². The van der Waals surface area contributed by atoms with Crippen molar-refractivity contribution in [2.24, 2.45) is 0 Å². The van der Waals surface area contributed by atoms with Gasteiger partial charge in [-0.05, 0) is 26.0 Å². The molecule has 0 saturated heterocycles. The van der Waals surface area contributed by atoms with Crippen LogP contribution in [0.4, 0.5) is 0 Å². The molecule has 1 N–H and O–H groups in total. The first kappa shape index (κ1) is 14.7. The topological polar surface area (TPSA) is 49.8 Å². The zero-order valence-corrected chi connectivity index (χ0v) is 11.8. The van der Waals surface area contributed by atoms with Gasteiger partial charge in [0.2, 0.25) is 5.91 Å². The first-order valence-electron chi connectivity index (χ1n) is 5.90. The lowest BCUT2D eigenvalue weighted by Crippen LogP contribution is -2.31. The molecular weight excluding hydrogens is 250 g/mol. The summed E-state index contributed by atoms with van der Waals surface area (Å²) in [5.74, 6) is 0.919. The van der Waals surface area contributed by atoms with E-state index < -0.39 is 0 Å². The second-order valence-electron chi connectivity index (χ2n) is 3.66. The normalized spacial score (nSPS) is 10.2. The maximum absolute atomic E-state index is 11.8. The highest BCUT2D eigenvalue weighted by atomic mass is 32.2. The number of carbonyl (C=O) groups is 1. The van der Waals surface area contributed by atoms with Crippen molar-refractivity contribution in [1.82, 2.24) is 4.90 Å². The summed E-state index contributed by atoms with van der Waals surface area (Å²) in [6.07, 6.45) is 0. The molecule has 1 amide bonds. The van der Waals surface area contributed by atoms with Crippen molar-refractivity contribution in [2.45, 2.75) is 18.7 Å². The summed E-state index contributed by atoms with van der Waals surface area (Å²) in [4.78, 5) is 14.3. The number of thioether (sulfide) groups is 1. The number of para-hydroxylation sites is 1. The highest BCUT2D eigenvalue weighted by Gasteiger charge is 2.13. The predicted molar refractivity (Wildman–Crippen MR) is 73.3 cm³/mol. The average molecular weight is 269 g/mol. The van der Waals surface area contributed by atoms with E-state index in [9.17, 15) is 9.90 Å². The van der Waals surface area contributed by atoms with E-state index in [1.165, 1.54) is 18.9 Å². The average Bonchev–Trinajstić information content (AvgIpc) is 2.39. The number of amides is 1. The summed E-state index contributed by atoms with van der Waals surface area (Å²) in [5, 5.41) is 9.88. The summed E-state index contributed by atoms with van der Waals surface area (Å²) in [5.41, 5.74) is 0. The van der Waals surface area contributed by atoms with Crippen molar-refractivity contribution in [3.63, 3.8) is 0 Å². The number of phenolic OH excluding ortho intramolecular Hbond substituents is 1. The van der Waals surface area contributed by atoms with E-state index >= 15 is 0 Å². The molecule has 1 rings (SSSR count). The number of carbonyl (C=O) groups excluding carboxylic acids is 1. The Bertz CT molecular complexity index is 405. The molecular formula is C13H19NO3S. The first-order valence-corrected chi connectivity index (χ1v) is 6.89. The third-order valence-electron chi connectivity index (χ3n) is 2.65. The highest BCUT2D eigenvalue weighted by Crippen LogP contribution is 2.36. The Balaban J connectivity index is 2.66. The van der Waals surface area contributed by atoms with Gasteiger partial charge in [-0.1, -0.05) is 6.07 Å². The lowest BCUT2D eigenvalue weighted by atomic mass is 10.3. The largest absolute Gasteiger partial charge is 0.503 e. The molecule has 0 aromatic heterocycles. The number of phenols is 1.